The van der Waals surface area contributed by atoms with Gasteiger partial charge in [-0.15, -0.1) is 0 Å². The summed E-state index contributed by atoms with van der Waals surface area (Å²) in [5, 5.41) is 0. The zero-order valence-corrected chi connectivity index (χ0v) is 17.1. The summed E-state index contributed by atoms with van der Waals surface area (Å²) in [6.45, 7) is 0. The molecule has 0 aromatic carbocycles. The molecule has 0 N–H and O–H groups in total. The van der Waals surface area contributed by atoms with Crippen molar-refractivity contribution >= 4 is 11.9 Å². The van der Waals surface area contributed by atoms with Gasteiger partial charge in [-0.1, -0.05) is 76.4 Å². The van der Waals surface area contributed by atoms with Gasteiger partial charge in [0.25, 0.3) is 0 Å². The number of ether oxygens (including phenoxy) is 2. The van der Waals surface area contributed by atoms with E-state index in [0.29, 0.717) is 12.8 Å². The normalized spacial score (nSPS) is 11.0. The lowest BCUT2D eigenvalue weighted by molar-refractivity contribution is -0.141. The van der Waals surface area contributed by atoms with Crippen LogP contribution >= 0.6 is 0 Å². The number of hydrogen-bond donors (Lipinski definition) is 0. The molecule has 0 aliphatic heterocycles. The van der Waals surface area contributed by atoms with Gasteiger partial charge in [0, 0.05) is 12.8 Å². The van der Waals surface area contributed by atoms with Gasteiger partial charge in [-0.2, -0.15) is 0 Å². The van der Waals surface area contributed by atoms with Gasteiger partial charge < -0.3 is 9.47 Å². The number of carbonyl (C=O) groups excluding carboxylic acids is 2. The van der Waals surface area contributed by atoms with Crippen LogP contribution in [0.1, 0.15) is 103 Å². The Morgan fingerprint density at radius 2 is 0.923 bits per heavy atom. The monoisotopic (exact) mass is 368 g/mol. The number of esters is 2. The minimum atomic E-state index is -0.131. The molecule has 0 radical (unpaired) electrons. The molecule has 0 saturated heterocycles. The molecular weight excluding hydrogens is 328 g/mol. The Morgan fingerprint density at radius 3 is 1.42 bits per heavy atom. The summed E-state index contributed by atoms with van der Waals surface area (Å²) in [6, 6.07) is 0. The second kappa shape index (κ2) is 20.0. The summed E-state index contributed by atoms with van der Waals surface area (Å²) in [7, 11) is 2.89. The van der Waals surface area contributed by atoms with E-state index in [1.54, 1.807) is 0 Å². The first kappa shape index (κ1) is 24.7. The van der Waals surface area contributed by atoms with Crippen molar-refractivity contribution in [2.24, 2.45) is 0 Å². The third-order valence-corrected chi connectivity index (χ3v) is 4.64. The molecule has 0 aromatic heterocycles. The molecule has 26 heavy (non-hydrogen) atoms. The molecule has 152 valence electrons. The van der Waals surface area contributed by atoms with Crippen LogP contribution in [0.3, 0.4) is 0 Å². The predicted octanol–water partition coefficient (Wildman–Crippen LogP) is 6.13. The second-order valence-electron chi connectivity index (χ2n) is 6.94. The van der Waals surface area contributed by atoms with Gasteiger partial charge in [0.2, 0.25) is 0 Å². The summed E-state index contributed by atoms with van der Waals surface area (Å²) in [6.07, 6.45) is 22.5. The van der Waals surface area contributed by atoms with Crippen LogP contribution in [0.4, 0.5) is 0 Å². The van der Waals surface area contributed by atoms with Gasteiger partial charge in [-0.25, -0.2) is 0 Å². The average Bonchev–Trinajstić information content (AvgIpc) is 2.66. The standard InChI is InChI=1S/C22H40O4/c1-25-21(23)19-17-15-13-11-9-7-5-3-4-6-8-10-12-14-16-18-20-22(24)26-2/h13,15H,3-12,14,16-20H2,1-2H3/b15-13+. The van der Waals surface area contributed by atoms with Crippen LogP contribution in [0.5, 0.6) is 0 Å². The minimum absolute atomic E-state index is 0.0837. The number of unbranched alkanes of at least 4 members (excludes halogenated alkanes) is 12. The lowest BCUT2D eigenvalue weighted by Crippen LogP contribution is -1.99. The topological polar surface area (TPSA) is 52.6 Å². The van der Waals surface area contributed by atoms with Gasteiger partial charge in [0.1, 0.15) is 0 Å². The van der Waals surface area contributed by atoms with E-state index in [2.05, 4.69) is 21.6 Å². The molecule has 0 heterocycles. The smallest absolute Gasteiger partial charge is 0.305 e. The van der Waals surface area contributed by atoms with Crippen molar-refractivity contribution in [1.82, 2.24) is 0 Å². The van der Waals surface area contributed by atoms with Crippen LogP contribution in [0.25, 0.3) is 0 Å². The van der Waals surface area contributed by atoms with Crippen LogP contribution in [0, 0.1) is 0 Å². The van der Waals surface area contributed by atoms with Crippen LogP contribution in [-0.2, 0) is 19.1 Å². The van der Waals surface area contributed by atoms with Gasteiger partial charge in [0.15, 0.2) is 0 Å². The Kier molecular flexibility index (Phi) is 19.0. The zero-order valence-electron chi connectivity index (χ0n) is 17.1. The molecule has 0 aliphatic carbocycles. The Labute approximate surface area is 160 Å². The Hall–Kier alpha value is -1.32. The summed E-state index contributed by atoms with van der Waals surface area (Å²) >= 11 is 0. The Morgan fingerprint density at radius 1 is 0.538 bits per heavy atom. The number of allylic oxidation sites excluding steroid dienone is 2. The maximum Gasteiger partial charge on any atom is 0.305 e. The van der Waals surface area contributed by atoms with Crippen molar-refractivity contribution in [3.8, 4) is 0 Å². The zero-order chi connectivity index (χ0) is 19.3. The van der Waals surface area contributed by atoms with Crippen molar-refractivity contribution in [3.63, 3.8) is 0 Å². The maximum absolute atomic E-state index is 11.0. The molecule has 0 unspecified atom stereocenters. The molecule has 4 heteroatoms. The highest BCUT2D eigenvalue weighted by molar-refractivity contribution is 5.69. The molecule has 0 bridgehead atoms. The van der Waals surface area contributed by atoms with Crippen LogP contribution in [0.15, 0.2) is 12.2 Å². The summed E-state index contributed by atoms with van der Waals surface area (Å²) in [5.74, 6) is -0.215. The predicted molar refractivity (Wildman–Crippen MR) is 107 cm³/mol. The van der Waals surface area contributed by atoms with Crippen LogP contribution in [0.2, 0.25) is 0 Å². The maximum atomic E-state index is 11.0. The molecule has 0 saturated carbocycles. The minimum Gasteiger partial charge on any atom is -0.469 e. The molecule has 0 aliphatic rings. The van der Waals surface area contributed by atoms with Gasteiger partial charge in [-0.05, 0) is 25.7 Å². The molecule has 0 rings (SSSR count). The SMILES string of the molecule is COC(=O)CC/C=C/CCCCCCCCCCCCCCC(=O)OC. The molecule has 0 aromatic rings. The van der Waals surface area contributed by atoms with Crippen molar-refractivity contribution in [2.75, 3.05) is 14.2 Å². The number of methoxy groups -OCH3 is 2. The van der Waals surface area contributed by atoms with E-state index < -0.39 is 0 Å². The highest BCUT2D eigenvalue weighted by Gasteiger charge is 1.99. The number of hydrogen-bond acceptors (Lipinski definition) is 4. The van der Waals surface area contributed by atoms with E-state index >= 15 is 0 Å². The van der Waals surface area contributed by atoms with Gasteiger partial charge in [-0.3, -0.25) is 9.59 Å². The van der Waals surface area contributed by atoms with Crippen molar-refractivity contribution in [1.29, 1.82) is 0 Å². The largest absolute Gasteiger partial charge is 0.469 e. The van der Waals surface area contributed by atoms with E-state index in [9.17, 15) is 9.59 Å². The molecule has 0 atom stereocenters. The third kappa shape index (κ3) is 19.0. The fourth-order valence-electron chi connectivity index (χ4n) is 2.94. The summed E-state index contributed by atoms with van der Waals surface area (Å²) in [4.78, 5) is 21.9. The molecule has 4 nitrogen and oxygen atoms in total. The van der Waals surface area contributed by atoms with E-state index in [-0.39, 0.29) is 11.9 Å². The van der Waals surface area contributed by atoms with E-state index in [4.69, 9.17) is 0 Å². The van der Waals surface area contributed by atoms with Crippen molar-refractivity contribution < 1.29 is 19.1 Å². The fourth-order valence-corrected chi connectivity index (χ4v) is 2.94. The fraction of sp³-hybridized carbons (Fsp3) is 0.818. The first-order valence-electron chi connectivity index (χ1n) is 10.5. The van der Waals surface area contributed by atoms with Crippen molar-refractivity contribution in [3.05, 3.63) is 12.2 Å². The van der Waals surface area contributed by atoms with Gasteiger partial charge in [0.05, 0.1) is 14.2 Å². The van der Waals surface area contributed by atoms with E-state index in [0.717, 1.165) is 25.7 Å². The molecule has 0 fully saturated rings. The molecule has 0 spiro atoms. The third-order valence-electron chi connectivity index (χ3n) is 4.64. The molecular formula is C22H40O4. The summed E-state index contributed by atoms with van der Waals surface area (Å²) in [5.41, 5.74) is 0. The molecule has 0 amide bonds. The second-order valence-corrected chi connectivity index (χ2v) is 6.94. The van der Waals surface area contributed by atoms with E-state index in [1.807, 2.05) is 0 Å². The van der Waals surface area contributed by atoms with Gasteiger partial charge >= 0.3 is 11.9 Å². The Bertz CT molecular complexity index is 363. The quantitative estimate of drug-likeness (QED) is 0.166. The van der Waals surface area contributed by atoms with E-state index in [1.165, 1.54) is 78.4 Å². The lowest BCUT2D eigenvalue weighted by Gasteiger charge is -2.03. The number of rotatable bonds is 18. The first-order chi connectivity index (χ1) is 12.7. The summed E-state index contributed by atoms with van der Waals surface area (Å²) < 4.78 is 9.24. The number of carbonyl (C=O) groups is 2. The lowest BCUT2D eigenvalue weighted by atomic mass is 10.0. The first-order valence-corrected chi connectivity index (χ1v) is 10.5. The average molecular weight is 369 g/mol. The highest BCUT2D eigenvalue weighted by Crippen LogP contribution is 2.13. The van der Waals surface area contributed by atoms with Crippen LogP contribution in [-0.4, -0.2) is 26.2 Å². The van der Waals surface area contributed by atoms with Crippen LogP contribution < -0.4 is 0 Å². The highest BCUT2D eigenvalue weighted by atomic mass is 16.5. The Balaban J connectivity index is 3.12. The van der Waals surface area contributed by atoms with Crippen molar-refractivity contribution in [2.45, 2.75) is 103 Å².